The second kappa shape index (κ2) is 6.13. The van der Waals surface area contributed by atoms with Crippen molar-refractivity contribution < 1.29 is 21.7 Å². The molecule has 0 aromatic rings. The summed E-state index contributed by atoms with van der Waals surface area (Å²) in [6, 6.07) is -0.375. The second-order valence-corrected chi connectivity index (χ2v) is 4.02. The van der Waals surface area contributed by atoms with Gasteiger partial charge in [0.2, 0.25) is 0 Å². The van der Waals surface area contributed by atoms with Crippen LogP contribution in [0.1, 0.15) is 6.42 Å². The minimum Gasteiger partial charge on any atom is -1.00 e. The quantitative estimate of drug-likeness (QED) is 0.389. The third kappa shape index (κ3) is 7.96. The van der Waals surface area contributed by atoms with E-state index in [4.69, 9.17) is 5.73 Å². The standard InChI is InChI=1S/C9H19N2O.ClH/c1-5-9(12)8(10)6-7-11(2,3)4;/h5,8H,1,6-7,10H2,2-4H3;1H/q+1;/p-1. The molecule has 0 aromatic heterocycles. The highest BCUT2D eigenvalue weighted by molar-refractivity contribution is 5.93. The third-order valence-corrected chi connectivity index (χ3v) is 1.68. The summed E-state index contributed by atoms with van der Waals surface area (Å²) in [6.07, 6.45) is 2.01. The lowest BCUT2D eigenvalue weighted by Gasteiger charge is -2.24. The van der Waals surface area contributed by atoms with Crippen molar-refractivity contribution in [2.45, 2.75) is 12.5 Å². The zero-order valence-electron chi connectivity index (χ0n) is 8.59. The van der Waals surface area contributed by atoms with E-state index in [9.17, 15) is 4.79 Å². The van der Waals surface area contributed by atoms with Crippen molar-refractivity contribution in [3.63, 3.8) is 0 Å². The van der Waals surface area contributed by atoms with Gasteiger partial charge in [-0.1, -0.05) is 6.58 Å². The number of rotatable bonds is 5. The largest absolute Gasteiger partial charge is 1.00 e. The van der Waals surface area contributed by atoms with Crippen LogP contribution in [-0.2, 0) is 4.79 Å². The minimum atomic E-state index is -0.375. The molecule has 0 aliphatic carbocycles. The van der Waals surface area contributed by atoms with Gasteiger partial charge in [-0.3, -0.25) is 4.79 Å². The van der Waals surface area contributed by atoms with E-state index in [1.165, 1.54) is 6.08 Å². The molecule has 1 unspecified atom stereocenters. The maximum atomic E-state index is 11.0. The summed E-state index contributed by atoms with van der Waals surface area (Å²) in [4.78, 5) is 11.0. The highest BCUT2D eigenvalue weighted by Crippen LogP contribution is 1.97. The molecular formula is C9H19ClN2O. The fourth-order valence-corrected chi connectivity index (χ4v) is 0.820. The Morgan fingerprint density at radius 3 is 2.31 bits per heavy atom. The van der Waals surface area contributed by atoms with Crippen LogP contribution in [0.15, 0.2) is 12.7 Å². The van der Waals surface area contributed by atoms with Crippen molar-refractivity contribution in [2.75, 3.05) is 27.7 Å². The number of hydrogen-bond donors (Lipinski definition) is 1. The molecule has 2 N–H and O–H groups in total. The Morgan fingerprint density at radius 2 is 2.00 bits per heavy atom. The first-order chi connectivity index (χ1) is 5.37. The average molecular weight is 207 g/mol. The lowest BCUT2D eigenvalue weighted by atomic mass is 10.1. The number of ketones is 1. The van der Waals surface area contributed by atoms with Gasteiger partial charge in [0.1, 0.15) is 0 Å². The summed E-state index contributed by atoms with van der Waals surface area (Å²) >= 11 is 0. The number of nitrogens with two attached hydrogens (primary N) is 1. The monoisotopic (exact) mass is 206 g/mol. The summed E-state index contributed by atoms with van der Waals surface area (Å²) in [7, 11) is 6.22. The van der Waals surface area contributed by atoms with Crippen molar-refractivity contribution in [1.29, 1.82) is 0 Å². The van der Waals surface area contributed by atoms with Crippen LogP contribution in [0.4, 0.5) is 0 Å². The van der Waals surface area contributed by atoms with Gasteiger partial charge in [0.25, 0.3) is 0 Å². The van der Waals surface area contributed by atoms with Crippen LogP contribution in [-0.4, -0.2) is 44.0 Å². The number of nitrogens with zero attached hydrogens (tertiary/aromatic N) is 1. The molecule has 4 heteroatoms. The predicted octanol–water partition coefficient (Wildman–Crippen LogP) is -2.83. The Hall–Kier alpha value is -0.380. The first kappa shape index (κ1) is 15.1. The van der Waals surface area contributed by atoms with Crippen molar-refractivity contribution in [2.24, 2.45) is 5.73 Å². The van der Waals surface area contributed by atoms with Crippen LogP contribution in [0, 0.1) is 0 Å². The molecule has 0 saturated heterocycles. The molecule has 78 valence electrons. The summed E-state index contributed by atoms with van der Waals surface area (Å²) in [5.41, 5.74) is 5.60. The first-order valence-electron chi connectivity index (χ1n) is 4.09. The first-order valence-corrected chi connectivity index (χ1v) is 4.09. The van der Waals surface area contributed by atoms with Crippen LogP contribution in [0.5, 0.6) is 0 Å². The van der Waals surface area contributed by atoms with Crippen LogP contribution in [0.3, 0.4) is 0 Å². The molecule has 13 heavy (non-hydrogen) atoms. The molecule has 1 atom stereocenters. The van der Waals surface area contributed by atoms with E-state index in [-0.39, 0.29) is 24.2 Å². The predicted molar refractivity (Wildman–Crippen MR) is 50.7 cm³/mol. The zero-order valence-corrected chi connectivity index (χ0v) is 9.34. The van der Waals surface area contributed by atoms with Crippen LogP contribution >= 0.6 is 0 Å². The molecule has 0 aliphatic heterocycles. The Balaban J connectivity index is 0. The molecule has 0 spiro atoms. The summed E-state index contributed by atoms with van der Waals surface area (Å²) in [6.45, 7) is 4.29. The summed E-state index contributed by atoms with van der Waals surface area (Å²) in [5.74, 6) is -0.0662. The number of halogens is 1. The molecule has 0 aliphatic rings. The van der Waals surface area contributed by atoms with E-state index >= 15 is 0 Å². The van der Waals surface area contributed by atoms with E-state index < -0.39 is 0 Å². The summed E-state index contributed by atoms with van der Waals surface area (Å²) in [5, 5.41) is 0. The summed E-state index contributed by atoms with van der Waals surface area (Å²) < 4.78 is 0.831. The van der Waals surface area contributed by atoms with Gasteiger partial charge < -0.3 is 22.6 Å². The number of quaternary nitrogens is 1. The highest BCUT2D eigenvalue weighted by Gasteiger charge is 2.14. The van der Waals surface area contributed by atoms with Crippen molar-refractivity contribution in [1.82, 2.24) is 0 Å². The third-order valence-electron chi connectivity index (χ3n) is 1.68. The molecule has 3 nitrogen and oxygen atoms in total. The van der Waals surface area contributed by atoms with Gasteiger partial charge in [-0.2, -0.15) is 0 Å². The van der Waals surface area contributed by atoms with Crippen molar-refractivity contribution >= 4 is 5.78 Å². The second-order valence-electron chi connectivity index (χ2n) is 4.02. The van der Waals surface area contributed by atoms with Crippen LogP contribution in [0.25, 0.3) is 0 Å². The molecule has 0 saturated carbocycles. The maximum Gasteiger partial charge on any atom is 0.171 e. The van der Waals surface area contributed by atoms with Gasteiger partial charge in [0, 0.05) is 6.42 Å². The minimum absolute atomic E-state index is 0. The zero-order chi connectivity index (χ0) is 9.78. The maximum absolute atomic E-state index is 11.0. The molecule has 0 aromatic carbocycles. The fourth-order valence-electron chi connectivity index (χ4n) is 0.820. The van der Waals surface area contributed by atoms with Crippen molar-refractivity contribution in [3.8, 4) is 0 Å². The average Bonchev–Trinajstić information content (AvgIpc) is 1.97. The molecular weight excluding hydrogens is 188 g/mol. The molecule has 0 heterocycles. The van der Waals surface area contributed by atoms with Gasteiger partial charge in [0.05, 0.1) is 33.7 Å². The van der Waals surface area contributed by atoms with Crippen LogP contribution < -0.4 is 18.1 Å². The van der Waals surface area contributed by atoms with Gasteiger partial charge in [0.15, 0.2) is 5.78 Å². The van der Waals surface area contributed by atoms with Gasteiger partial charge in [-0.05, 0) is 6.08 Å². The lowest BCUT2D eigenvalue weighted by molar-refractivity contribution is -0.870. The van der Waals surface area contributed by atoms with Crippen molar-refractivity contribution in [3.05, 3.63) is 12.7 Å². The SMILES string of the molecule is C=CC(=O)C(N)CC[N+](C)(C)C.[Cl-]. The molecule has 0 radical (unpaired) electrons. The van der Waals surface area contributed by atoms with Gasteiger partial charge >= 0.3 is 0 Å². The highest BCUT2D eigenvalue weighted by atomic mass is 35.5. The van der Waals surface area contributed by atoms with Crippen LogP contribution in [0.2, 0.25) is 0 Å². The fraction of sp³-hybridized carbons (Fsp3) is 0.667. The molecule has 0 fully saturated rings. The van der Waals surface area contributed by atoms with E-state index in [0.717, 1.165) is 11.0 Å². The Labute approximate surface area is 86.6 Å². The molecule has 0 amide bonds. The number of hydrogen-bond acceptors (Lipinski definition) is 2. The van der Waals surface area contributed by atoms with E-state index in [1.807, 2.05) is 0 Å². The van der Waals surface area contributed by atoms with Gasteiger partial charge in [-0.25, -0.2) is 0 Å². The number of carbonyl (C=O) groups excluding carboxylic acids is 1. The molecule has 0 bridgehead atoms. The lowest BCUT2D eigenvalue weighted by Crippen LogP contribution is -3.00. The topological polar surface area (TPSA) is 43.1 Å². The number of carbonyl (C=O) groups is 1. The van der Waals surface area contributed by atoms with Gasteiger partial charge in [-0.15, -0.1) is 0 Å². The Bertz CT molecular complexity index is 175. The van der Waals surface area contributed by atoms with E-state index in [0.29, 0.717) is 6.42 Å². The molecule has 0 rings (SSSR count). The Morgan fingerprint density at radius 1 is 1.54 bits per heavy atom. The van der Waals surface area contributed by atoms with E-state index in [2.05, 4.69) is 27.7 Å². The normalized spacial score (nSPS) is 12.9. The van der Waals surface area contributed by atoms with E-state index in [1.54, 1.807) is 0 Å². The smallest absolute Gasteiger partial charge is 0.171 e. The Kier molecular flexibility index (Phi) is 7.13.